The molecule has 0 heterocycles. The molecule has 0 spiro atoms. The predicted octanol–water partition coefficient (Wildman–Crippen LogP) is 2.72. The van der Waals surface area contributed by atoms with Crippen LogP contribution in [0.25, 0.3) is 0 Å². The first-order valence-corrected chi connectivity index (χ1v) is 6.79. The quantitative estimate of drug-likeness (QED) is 0.799. The summed E-state index contributed by atoms with van der Waals surface area (Å²) in [6, 6.07) is 5.06. The number of benzene rings is 1. The molecule has 0 aliphatic heterocycles. The van der Waals surface area contributed by atoms with Gasteiger partial charge in [-0.05, 0) is 43.4 Å². The van der Waals surface area contributed by atoms with E-state index in [1.54, 1.807) is 12.1 Å². The third-order valence-corrected chi connectivity index (χ3v) is 3.71. The standard InChI is InChI=1S/C13H16BrNO3/c14-10-4-9(13(17)18)5-11(6-10)15-7-8-1-2-12(16)3-8/h4-6,8,12,15-16H,1-3,7H2,(H,17,18). The molecular formula is C13H16BrNO3. The molecule has 98 valence electrons. The van der Waals surface area contributed by atoms with Crippen LogP contribution in [0, 0.1) is 5.92 Å². The summed E-state index contributed by atoms with van der Waals surface area (Å²) in [5.74, 6) is -0.470. The first kappa shape index (κ1) is 13.4. The Labute approximate surface area is 114 Å². The van der Waals surface area contributed by atoms with Crippen molar-refractivity contribution in [2.45, 2.75) is 25.4 Å². The van der Waals surface area contributed by atoms with E-state index in [2.05, 4.69) is 21.2 Å². The number of carbonyl (C=O) groups is 1. The average molecular weight is 314 g/mol. The molecule has 3 N–H and O–H groups in total. The Bertz CT molecular complexity index is 450. The number of aromatic carboxylic acids is 1. The van der Waals surface area contributed by atoms with Crippen molar-refractivity contribution in [1.29, 1.82) is 0 Å². The minimum absolute atomic E-state index is 0.172. The number of carboxylic acid groups (broad SMARTS) is 1. The van der Waals surface area contributed by atoms with Crippen LogP contribution in [0.15, 0.2) is 22.7 Å². The number of hydrogen-bond donors (Lipinski definition) is 3. The highest BCUT2D eigenvalue weighted by Gasteiger charge is 2.22. The van der Waals surface area contributed by atoms with Gasteiger partial charge in [-0.1, -0.05) is 15.9 Å². The first-order chi connectivity index (χ1) is 8.54. The van der Waals surface area contributed by atoms with Gasteiger partial charge in [0.05, 0.1) is 11.7 Å². The summed E-state index contributed by atoms with van der Waals surface area (Å²) >= 11 is 3.30. The van der Waals surface area contributed by atoms with Gasteiger partial charge in [-0.15, -0.1) is 0 Å². The Hall–Kier alpha value is -1.07. The number of halogens is 1. The molecule has 1 fully saturated rings. The minimum Gasteiger partial charge on any atom is -0.478 e. The Morgan fingerprint density at radius 1 is 1.39 bits per heavy atom. The molecule has 0 aromatic heterocycles. The minimum atomic E-state index is -0.935. The van der Waals surface area contributed by atoms with Crippen LogP contribution < -0.4 is 5.32 Å². The molecule has 5 heteroatoms. The largest absolute Gasteiger partial charge is 0.478 e. The molecular weight excluding hydrogens is 298 g/mol. The summed E-state index contributed by atoms with van der Waals surface area (Å²) in [5, 5.41) is 21.7. The maximum atomic E-state index is 10.9. The van der Waals surface area contributed by atoms with Crippen molar-refractivity contribution in [3.8, 4) is 0 Å². The lowest BCUT2D eigenvalue weighted by Crippen LogP contribution is -2.13. The zero-order chi connectivity index (χ0) is 13.1. The lowest BCUT2D eigenvalue weighted by Gasteiger charge is -2.13. The van der Waals surface area contributed by atoms with Gasteiger partial charge in [-0.2, -0.15) is 0 Å². The van der Waals surface area contributed by atoms with Gasteiger partial charge in [0.2, 0.25) is 0 Å². The zero-order valence-corrected chi connectivity index (χ0v) is 11.5. The third kappa shape index (κ3) is 3.46. The van der Waals surface area contributed by atoms with Crippen molar-refractivity contribution in [3.05, 3.63) is 28.2 Å². The van der Waals surface area contributed by atoms with E-state index in [9.17, 15) is 9.90 Å². The second-order valence-corrected chi connectivity index (χ2v) is 5.66. The van der Waals surface area contributed by atoms with Crippen LogP contribution in [0.1, 0.15) is 29.6 Å². The summed E-state index contributed by atoms with van der Waals surface area (Å²) in [5.41, 5.74) is 1.06. The van der Waals surface area contributed by atoms with Gasteiger partial charge in [-0.25, -0.2) is 4.79 Å². The molecule has 1 aromatic carbocycles. The third-order valence-electron chi connectivity index (χ3n) is 3.25. The van der Waals surface area contributed by atoms with Crippen LogP contribution in [0.3, 0.4) is 0 Å². The number of hydrogen-bond acceptors (Lipinski definition) is 3. The Morgan fingerprint density at radius 2 is 2.17 bits per heavy atom. The molecule has 2 rings (SSSR count). The maximum absolute atomic E-state index is 10.9. The van der Waals surface area contributed by atoms with E-state index in [-0.39, 0.29) is 11.7 Å². The molecule has 1 aliphatic rings. The fourth-order valence-corrected chi connectivity index (χ4v) is 2.80. The number of rotatable bonds is 4. The number of anilines is 1. The number of aliphatic hydroxyl groups excluding tert-OH is 1. The highest BCUT2D eigenvalue weighted by molar-refractivity contribution is 9.10. The highest BCUT2D eigenvalue weighted by atomic mass is 79.9. The number of carboxylic acids is 1. The summed E-state index contributed by atoms with van der Waals surface area (Å²) in [6.07, 6.45) is 2.54. The zero-order valence-electron chi connectivity index (χ0n) is 9.90. The van der Waals surface area contributed by atoms with Crippen LogP contribution in [-0.4, -0.2) is 28.8 Å². The molecule has 1 aromatic rings. The summed E-state index contributed by atoms with van der Waals surface area (Å²) < 4.78 is 0.747. The lowest BCUT2D eigenvalue weighted by molar-refractivity contribution is 0.0697. The van der Waals surface area contributed by atoms with Crippen LogP contribution in [0.4, 0.5) is 5.69 Å². The van der Waals surface area contributed by atoms with Gasteiger partial charge in [0.15, 0.2) is 0 Å². The maximum Gasteiger partial charge on any atom is 0.335 e. The van der Waals surface area contributed by atoms with Gasteiger partial charge in [0.1, 0.15) is 0 Å². The Kier molecular flexibility index (Phi) is 4.24. The topological polar surface area (TPSA) is 69.6 Å². The van der Waals surface area contributed by atoms with Crippen molar-refractivity contribution < 1.29 is 15.0 Å². The van der Waals surface area contributed by atoms with Gasteiger partial charge >= 0.3 is 5.97 Å². The van der Waals surface area contributed by atoms with Gasteiger partial charge in [-0.3, -0.25) is 0 Å². The number of aliphatic hydroxyl groups is 1. The van der Waals surface area contributed by atoms with E-state index in [4.69, 9.17) is 5.11 Å². The fraction of sp³-hybridized carbons (Fsp3) is 0.462. The van der Waals surface area contributed by atoms with E-state index in [0.29, 0.717) is 5.92 Å². The molecule has 1 saturated carbocycles. The second kappa shape index (κ2) is 5.71. The normalized spacial score (nSPS) is 23.0. The molecule has 4 nitrogen and oxygen atoms in total. The van der Waals surface area contributed by atoms with Crippen molar-refractivity contribution in [3.63, 3.8) is 0 Å². The lowest BCUT2D eigenvalue weighted by atomic mass is 10.1. The van der Waals surface area contributed by atoms with Gasteiger partial charge < -0.3 is 15.5 Å². The van der Waals surface area contributed by atoms with Crippen molar-refractivity contribution in [2.24, 2.45) is 5.92 Å². The fourth-order valence-electron chi connectivity index (χ4n) is 2.31. The molecule has 2 atom stereocenters. The van der Waals surface area contributed by atoms with Crippen molar-refractivity contribution in [1.82, 2.24) is 0 Å². The van der Waals surface area contributed by atoms with Gasteiger partial charge in [0, 0.05) is 16.7 Å². The molecule has 18 heavy (non-hydrogen) atoms. The van der Waals surface area contributed by atoms with E-state index in [1.165, 1.54) is 0 Å². The molecule has 0 amide bonds. The molecule has 0 radical (unpaired) electrons. The van der Waals surface area contributed by atoms with E-state index < -0.39 is 5.97 Å². The first-order valence-electron chi connectivity index (χ1n) is 6.00. The molecule has 1 aliphatic carbocycles. The summed E-state index contributed by atoms with van der Waals surface area (Å²) in [7, 11) is 0. The second-order valence-electron chi connectivity index (χ2n) is 4.75. The average Bonchev–Trinajstić information content (AvgIpc) is 2.72. The molecule has 2 unspecified atom stereocenters. The van der Waals surface area contributed by atoms with E-state index >= 15 is 0 Å². The SMILES string of the molecule is O=C(O)c1cc(Br)cc(NCC2CCC(O)C2)c1. The van der Waals surface area contributed by atoms with Gasteiger partial charge in [0.25, 0.3) is 0 Å². The van der Waals surface area contributed by atoms with Crippen molar-refractivity contribution in [2.75, 3.05) is 11.9 Å². The highest BCUT2D eigenvalue weighted by Crippen LogP contribution is 2.26. The molecule has 0 bridgehead atoms. The number of nitrogens with one attached hydrogen (secondary N) is 1. The molecule has 0 saturated heterocycles. The van der Waals surface area contributed by atoms with E-state index in [0.717, 1.165) is 36.0 Å². The summed E-state index contributed by atoms with van der Waals surface area (Å²) in [6.45, 7) is 0.770. The van der Waals surface area contributed by atoms with Crippen molar-refractivity contribution >= 4 is 27.6 Å². The van der Waals surface area contributed by atoms with Crippen LogP contribution >= 0.6 is 15.9 Å². The Balaban J connectivity index is 1.98. The van der Waals surface area contributed by atoms with Crippen LogP contribution in [-0.2, 0) is 0 Å². The van der Waals surface area contributed by atoms with E-state index in [1.807, 2.05) is 6.07 Å². The predicted molar refractivity (Wildman–Crippen MR) is 72.9 cm³/mol. The Morgan fingerprint density at radius 3 is 2.78 bits per heavy atom. The summed E-state index contributed by atoms with van der Waals surface area (Å²) in [4.78, 5) is 10.9. The van der Waals surface area contributed by atoms with Crippen LogP contribution in [0.5, 0.6) is 0 Å². The monoisotopic (exact) mass is 313 g/mol. The van der Waals surface area contributed by atoms with Crippen LogP contribution in [0.2, 0.25) is 0 Å². The smallest absolute Gasteiger partial charge is 0.335 e.